The van der Waals surface area contributed by atoms with E-state index in [1.54, 1.807) is 0 Å². The van der Waals surface area contributed by atoms with Crippen molar-refractivity contribution >= 4 is 0 Å². The molecule has 0 amide bonds. The minimum Gasteiger partial charge on any atom is -0.396 e. The van der Waals surface area contributed by atoms with E-state index in [1.165, 1.54) is 0 Å². The van der Waals surface area contributed by atoms with Gasteiger partial charge in [-0.15, -0.1) is 0 Å². The third-order valence-corrected chi connectivity index (χ3v) is 1.93. The van der Waals surface area contributed by atoms with E-state index in [0.29, 0.717) is 13.0 Å². The summed E-state index contributed by atoms with van der Waals surface area (Å²) in [5.41, 5.74) is 4.01. The summed E-state index contributed by atoms with van der Waals surface area (Å²) in [6.07, 6.45) is 0.703. The Morgan fingerprint density at radius 2 is 2.07 bits per heavy atom. The number of hydrogen-bond acceptors (Lipinski definition) is 3. The van der Waals surface area contributed by atoms with Crippen molar-refractivity contribution in [1.29, 1.82) is 0 Å². The van der Waals surface area contributed by atoms with Gasteiger partial charge in [0.1, 0.15) is 0 Å². The number of aliphatic hydroxyl groups excluding tert-OH is 1. The standard InChI is InChI=1S/C11H17NO2/c1-10(7-8-13)12-14-9-11-5-3-2-4-6-11/h2-6,10,12-13H,7-9H2,1H3. The van der Waals surface area contributed by atoms with E-state index in [1.807, 2.05) is 37.3 Å². The lowest BCUT2D eigenvalue weighted by molar-refractivity contribution is 0.00262. The third kappa shape index (κ3) is 4.37. The molecule has 78 valence electrons. The van der Waals surface area contributed by atoms with E-state index < -0.39 is 0 Å². The first-order chi connectivity index (χ1) is 6.83. The van der Waals surface area contributed by atoms with Crippen LogP contribution in [-0.4, -0.2) is 17.8 Å². The van der Waals surface area contributed by atoms with Gasteiger partial charge in [-0.05, 0) is 18.9 Å². The van der Waals surface area contributed by atoms with Gasteiger partial charge in [0.2, 0.25) is 0 Å². The lowest BCUT2D eigenvalue weighted by Gasteiger charge is -2.11. The van der Waals surface area contributed by atoms with Gasteiger partial charge in [-0.3, -0.25) is 4.84 Å². The molecule has 0 aliphatic carbocycles. The second-order valence-electron chi connectivity index (χ2n) is 3.31. The highest BCUT2D eigenvalue weighted by Gasteiger charge is 1.99. The molecule has 1 rings (SSSR count). The Hall–Kier alpha value is -0.900. The highest BCUT2D eigenvalue weighted by atomic mass is 16.6. The summed E-state index contributed by atoms with van der Waals surface area (Å²) < 4.78 is 0. The maximum atomic E-state index is 8.66. The van der Waals surface area contributed by atoms with E-state index in [2.05, 4.69) is 5.48 Å². The average molecular weight is 195 g/mol. The number of benzene rings is 1. The van der Waals surface area contributed by atoms with Crippen molar-refractivity contribution in [3.63, 3.8) is 0 Å². The van der Waals surface area contributed by atoms with E-state index in [4.69, 9.17) is 9.94 Å². The number of hydroxylamine groups is 1. The quantitative estimate of drug-likeness (QED) is 0.675. The molecule has 0 aromatic heterocycles. The summed E-state index contributed by atoms with van der Waals surface area (Å²) in [5, 5.41) is 8.66. The molecule has 3 heteroatoms. The average Bonchev–Trinajstić information content (AvgIpc) is 2.20. The highest BCUT2D eigenvalue weighted by Crippen LogP contribution is 1.99. The van der Waals surface area contributed by atoms with Gasteiger partial charge < -0.3 is 5.11 Å². The lowest BCUT2D eigenvalue weighted by Crippen LogP contribution is -2.26. The Labute approximate surface area is 84.7 Å². The SMILES string of the molecule is CC(CCO)NOCc1ccccc1. The van der Waals surface area contributed by atoms with E-state index in [9.17, 15) is 0 Å². The van der Waals surface area contributed by atoms with E-state index in [-0.39, 0.29) is 12.6 Å². The van der Waals surface area contributed by atoms with Gasteiger partial charge in [0.15, 0.2) is 0 Å². The van der Waals surface area contributed by atoms with Crippen molar-refractivity contribution < 1.29 is 9.94 Å². The zero-order chi connectivity index (χ0) is 10.2. The predicted octanol–water partition coefficient (Wildman–Crippen LogP) is 1.48. The molecule has 3 nitrogen and oxygen atoms in total. The minimum absolute atomic E-state index is 0.183. The molecule has 2 N–H and O–H groups in total. The minimum atomic E-state index is 0.183. The zero-order valence-corrected chi connectivity index (χ0v) is 8.44. The maximum absolute atomic E-state index is 8.66. The molecule has 1 aromatic carbocycles. The van der Waals surface area contributed by atoms with Crippen LogP contribution >= 0.6 is 0 Å². The number of hydrogen-bond donors (Lipinski definition) is 2. The molecule has 1 unspecified atom stereocenters. The zero-order valence-electron chi connectivity index (χ0n) is 8.44. The Kier molecular flexibility index (Phi) is 5.22. The van der Waals surface area contributed by atoms with Gasteiger partial charge in [-0.1, -0.05) is 30.3 Å². The first kappa shape index (κ1) is 11.2. The summed E-state index contributed by atoms with van der Waals surface area (Å²) in [6, 6.07) is 10.2. The van der Waals surface area contributed by atoms with Crippen LogP contribution < -0.4 is 5.48 Å². The molecule has 14 heavy (non-hydrogen) atoms. The summed E-state index contributed by atoms with van der Waals surface area (Å²) >= 11 is 0. The molecule has 0 heterocycles. The van der Waals surface area contributed by atoms with Crippen LogP contribution in [0, 0.1) is 0 Å². The summed E-state index contributed by atoms with van der Waals surface area (Å²) in [5.74, 6) is 0. The van der Waals surface area contributed by atoms with Crippen molar-refractivity contribution in [1.82, 2.24) is 5.48 Å². The van der Waals surface area contributed by atoms with E-state index >= 15 is 0 Å². The van der Waals surface area contributed by atoms with Crippen LogP contribution in [0.15, 0.2) is 30.3 Å². The number of rotatable bonds is 6. The fourth-order valence-electron chi connectivity index (χ4n) is 1.09. The number of aliphatic hydroxyl groups is 1. The normalized spacial score (nSPS) is 12.7. The second-order valence-corrected chi connectivity index (χ2v) is 3.31. The molecular weight excluding hydrogens is 178 g/mol. The van der Waals surface area contributed by atoms with Crippen LogP contribution in [0.1, 0.15) is 18.9 Å². The first-order valence-electron chi connectivity index (χ1n) is 4.85. The van der Waals surface area contributed by atoms with Crippen molar-refractivity contribution in [2.75, 3.05) is 6.61 Å². The van der Waals surface area contributed by atoms with E-state index in [0.717, 1.165) is 5.56 Å². The Morgan fingerprint density at radius 3 is 2.71 bits per heavy atom. The van der Waals surface area contributed by atoms with Gasteiger partial charge in [0.05, 0.1) is 6.61 Å². The van der Waals surface area contributed by atoms with Gasteiger partial charge in [0, 0.05) is 12.6 Å². The smallest absolute Gasteiger partial charge is 0.0933 e. The third-order valence-electron chi connectivity index (χ3n) is 1.93. The van der Waals surface area contributed by atoms with Crippen LogP contribution in [0.3, 0.4) is 0 Å². The molecule has 0 fully saturated rings. The van der Waals surface area contributed by atoms with Crippen molar-refractivity contribution in [3.05, 3.63) is 35.9 Å². The van der Waals surface area contributed by atoms with Gasteiger partial charge in [-0.25, -0.2) is 0 Å². The van der Waals surface area contributed by atoms with Gasteiger partial charge >= 0.3 is 0 Å². The van der Waals surface area contributed by atoms with Crippen LogP contribution in [-0.2, 0) is 11.4 Å². The summed E-state index contributed by atoms with van der Waals surface area (Å²) in [4.78, 5) is 5.27. The molecular formula is C11H17NO2. The molecule has 0 saturated heterocycles. The Morgan fingerprint density at radius 1 is 1.36 bits per heavy atom. The van der Waals surface area contributed by atoms with Crippen LogP contribution in [0.4, 0.5) is 0 Å². The topological polar surface area (TPSA) is 41.5 Å². The molecule has 0 aliphatic heterocycles. The van der Waals surface area contributed by atoms with Gasteiger partial charge in [0.25, 0.3) is 0 Å². The Balaban J connectivity index is 2.16. The van der Waals surface area contributed by atoms with Crippen LogP contribution in [0.5, 0.6) is 0 Å². The predicted molar refractivity (Wildman–Crippen MR) is 55.5 cm³/mol. The molecule has 0 bridgehead atoms. The molecule has 0 aliphatic rings. The van der Waals surface area contributed by atoms with Crippen LogP contribution in [0.2, 0.25) is 0 Å². The highest BCUT2D eigenvalue weighted by molar-refractivity contribution is 5.13. The second kappa shape index (κ2) is 6.54. The fraction of sp³-hybridized carbons (Fsp3) is 0.455. The fourth-order valence-corrected chi connectivity index (χ4v) is 1.09. The molecule has 1 aromatic rings. The molecule has 0 spiro atoms. The molecule has 1 atom stereocenters. The van der Waals surface area contributed by atoms with Gasteiger partial charge in [-0.2, -0.15) is 5.48 Å². The lowest BCUT2D eigenvalue weighted by atomic mass is 10.2. The monoisotopic (exact) mass is 195 g/mol. The maximum Gasteiger partial charge on any atom is 0.0933 e. The largest absolute Gasteiger partial charge is 0.396 e. The molecule has 0 radical (unpaired) electrons. The summed E-state index contributed by atoms with van der Waals surface area (Å²) in [6.45, 7) is 2.71. The van der Waals surface area contributed by atoms with Crippen molar-refractivity contribution in [2.45, 2.75) is 26.0 Å². The summed E-state index contributed by atoms with van der Waals surface area (Å²) in [7, 11) is 0. The van der Waals surface area contributed by atoms with Crippen molar-refractivity contribution in [3.8, 4) is 0 Å². The Bertz CT molecular complexity index is 238. The van der Waals surface area contributed by atoms with Crippen molar-refractivity contribution in [2.24, 2.45) is 0 Å². The molecule has 0 saturated carbocycles. The number of nitrogens with one attached hydrogen (secondary N) is 1. The first-order valence-corrected chi connectivity index (χ1v) is 4.85. The van der Waals surface area contributed by atoms with Crippen LogP contribution in [0.25, 0.3) is 0 Å².